The zero-order valence-electron chi connectivity index (χ0n) is 8.27. The maximum atomic E-state index is 13.8. The summed E-state index contributed by atoms with van der Waals surface area (Å²) in [7, 11) is 1.50. The van der Waals surface area contributed by atoms with Gasteiger partial charge >= 0.3 is 0 Å². The molecule has 1 aromatic rings. The number of halogens is 1. The van der Waals surface area contributed by atoms with Gasteiger partial charge in [-0.15, -0.1) is 0 Å². The van der Waals surface area contributed by atoms with Crippen molar-refractivity contribution >= 4 is 0 Å². The zero-order chi connectivity index (χ0) is 9.97. The Morgan fingerprint density at radius 3 is 2.86 bits per heavy atom. The van der Waals surface area contributed by atoms with Gasteiger partial charge in [-0.2, -0.15) is 0 Å². The summed E-state index contributed by atoms with van der Waals surface area (Å²) in [6, 6.07) is 3.67. The van der Waals surface area contributed by atoms with Crippen molar-refractivity contribution < 1.29 is 9.13 Å². The molecule has 0 amide bonds. The van der Waals surface area contributed by atoms with Crippen molar-refractivity contribution in [2.75, 3.05) is 20.2 Å². The fraction of sp³-hybridized carbons (Fsp3) is 0.455. The van der Waals surface area contributed by atoms with Crippen LogP contribution in [-0.4, -0.2) is 20.2 Å². The molecule has 1 aliphatic heterocycles. The molecule has 0 aliphatic carbocycles. The second-order valence-electron chi connectivity index (χ2n) is 3.47. The topological polar surface area (TPSA) is 21.3 Å². The van der Waals surface area contributed by atoms with Gasteiger partial charge in [-0.05, 0) is 43.1 Å². The summed E-state index contributed by atoms with van der Waals surface area (Å²) < 4.78 is 18.7. The van der Waals surface area contributed by atoms with Crippen LogP contribution in [0.4, 0.5) is 4.39 Å². The molecule has 2 rings (SSSR count). The molecular weight excluding hydrogens is 181 g/mol. The molecular formula is C11H14FNO. The van der Waals surface area contributed by atoms with Crippen molar-refractivity contribution in [1.29, 1.82) is 0 Å². The molecule has 2 nitrogen and oxygen atoms in total. The van der Waals surface area contributed by atoms with Gasteiger partial charge in [-0.3, -0.25) is 0 Å². The molecule has 0 aromatic heterocycles. The van der Waals surface area contributed by atoms with Gasteiger partial charge in [0.2, 0.25) is 0 Å². The number of hydrogen-bond acceptors (Lipinski definition) is 2. The number of rotatable bonds is 1. The van der Waals surface area contributed by atoms with E-state index in [1.54, 1.807) is 6.07 Å². The van der Waals surface area contributed by atoms with Gasteiger partial charge in [0, 0.05) is 0 Å². The fourth-order valence-electron chi connectivity index (χ4n) is 1.86. The Bertz CT molecular complexity index is 338. The van der Waals surface area contributed by atoms with Crippen molar-refractivity contribution in [2.45, 2.75) is 12.8 Å². The normalized spacial score (nSPS) is 15.9. The summed E-state index contributed by atoms with van der Waals surface area (Å²) in [4.78, 5) is 0. The summed E-state index contributed by atoms with van der Waals surface area (Å²) >= 11 is 0. The molecule has 0 radical (unpaired) electrons. The van der Waals surface area contributed by atoms with E-state index in [1.807, 2.05) is 6.07 Å². The van der Waals surface area contributed by atoms with Gasteiger partial charge in [-0.1, -0.05) is 6.07 Å². The highest BCUT2D eigenvalue weighted by molar-refractivity contribution is 5.38. The molecule has 0 spiro atoms. The first kappa shape index (κ1) is 9.46. The highest BCUT2D eigenvalue weighted by Gasteiger charge is 2.15. The highest BCUT2D eigenvalue weighted by Crippen LogP contribution is 2.25. The summed E-state index contributed by atoms with van der Waals surface area (Å²) in [5.74, 6) is 0.166. The Morgan fingerprint density at radius 2 is 2.07 bits per heavy atom. The Morgan fingerprint density at radius 1 is 1.29 bits per heavy atom. The van der Waals surface area contributed by atoms with Gasteiger partial charge in [-0.25, -0.2) is 4.39 Å². The number of hydrogen-bond donors (Lipinski definition) is 1. The third-order valence-corrected chi connectivity index (χ3v) is 2.65. The van der Waals surface area contributed by atoms with E-state index >= 15 is 0 Å². The Hall–Kier alpha value is -1.09. The molecule has 0 bridgehead atoms. The van der Waals surface area contributed by atoms with Crippen LogP contribution in [0.15, 0.2) is 12.1 Å². The van der Waals surface area contributed by atoms with Crippen LogP contribution in [0, 0.1) is 5.82 Å². The molecule has 76 valence electrons. The third kappa shape index (κ3) is 1.60. The van der Waals surface area contributed by atoms with Crippen LogP contribution in [0.1, 0.15) is 11.1 Å². The van der Waals surface area contributed by atoms with E-state index in [4.69, 9.17) is 4.74 Å². The molecule has 0 saturated carbocycles. The van der Waals surface area contributed by atoms with Crippen LogP contribution in [0.5, 0.6) is 5.75 Å². The van der Waals surface area contributed by atoms with Crippen molar-refractivity contribution in [3.8, 4) is 5.75 Å². The lowest BCUT2D eigenvalue weighted by Gasteiger charge is -2.09. The van der Waals surface area contributed by atoms with E-state index in [-0.39, 0.29) is 5.82 Å². The smallest absolute Gasteiger partial charge is 0.168 e. The molecule has 14 heavy (non-hydrogen) atoms. The molecule has 3 heteroatoms. The van der Waals surface area contributed by atoms with Crippen LogP contribution < -0.4 is 10.1 Å². The first-order chi connectivity index (χ1) is 6.83. The summed E-state index contributed by atoms with van der Waals surface area (Å²) in [6.07, 6.45) is 1.65. The maximum Gasteiger partial charge on any atom is 0.168 e. The predicted octanol–water partition coefficient (Wildman–Crippen LogP) is 1.52. The van der Waals surface area contributed by atoms with Gasteiger partial charge in [0.25, 0.3) is 0 Å². The standard InChI is InChI=1S/C11H14FNO/c1-14-10-3-2-8-4-6-13-7-5-9(8)11(10)12/h2-3,13H,4-7H2,1H3. The lowest BCUT2D eigenvalue weighted by Crippen LogP contribution is -2.16. The second-order valence-corrected chi connectivity index (χ2v) is 3.47. The third-order valence-electron chi connectivity index (χ3n) is 2.65. The first-order valence-electron chi connectivity index (χ1n) is 4.88. The van der Waals surface area contributed by atoms with Gasteiger partial charge < -0.3 is 10.1 Å². The maximum absolute atomic E-state index is 13.8. The van der Waals surface area contributed by atoms with Crippen LogP contribution in [-0.2, 0) is 12.8 Å². The Kier molecular flexibility index (Phi) is 2.68. The lowest BCUT2D eigenvalue weighted by atomic mass is 10.0. The highest BCUT2D eigenvalue weighted by atomic mass is 19.1. The second kappa shape index (κ2) is 3.96. The molecule has 1 N–H and O–H groups in total. The average Bonchev–Trinajstić information content (AvgIpc) is 2.44. The van der Waals surface area contributed by atoms with Crippen LogP contribution in [0.25, 0.3) is 0 Å². The van der Waals surface area contributed by atoms with Crippen molar-refractivity contribution in [3.63, 3.8) is 0 Å². The molecule has 0 fully saturated rings. The minimum atomic E-state index is -0.186. The van der Waals surface area contributed by atoms with E-state index in [0.29, 0.717) is 5.75 Å². The monoisotopic (exact) mass is 195 g/mol. The quantitative estimate of drug-likeness (QED) is 0.733. The fourth-order valence-corrected chi connectivity index (χ4v) is 1.86. The molecule has 1 aromatic carbocycles. The molecule has 1 heterocycles. The van der Waals surface area contributed by atoms with Crippen LogP contribution in [0.2, 0.25) is 0 Å². The summed E-state index contributed by atoms with van der Waals surface area (Å²) in [5.41, 5.74) is 1.92. The van der Waals surface area contributed by atoms with E-state index in [1.165, 1.54) is 7.11 Å². The summed E-state index contributed by atoms with van der Waals surface area (Å²) in [6.45, 7) is 1.77. The minimum Gasteiger partial charge on any atom is -0.494 e. The van der Waals surface area contributed by atoms with E-state index in [9.17, 15) is 4.39 Å². The summed E-state index contributed by atoms with van der Waals surface area (Å²) in [5, 5.41) is 3.25. The molecule has 1 aliphatic rings. The Labute approximate surface area is 83.1 Å². The zero-order valence-corrected chi connectivity index (χ0v) is 8.27. The van der Waals surface area contributed by atoms with Crippen molar-refractivity contribution in [1.82, 2.24) is 5.32 Å². The first-order valence-corrected chi connectivity index (χ1v) is 4.88. The van der Waals surface area contributed by atoms with Crippen molar-refractivity contribution in [3.05, 3.63) is 29.1 Å². The number of methoxy groups -OCH3 is 1. The van der Waals surface area contributed by atoms with E-state index < -0.39 is 0 Å². The largest absolute Gasteiger partial charge is 0.494 e. The number of ether oxygens (including phenoxy) is 1. The van der Waals surface area contributed by atoms with Gasteiger partial charge in [0.05, 0.1) is 7.11 Å². The van der Waals surface area contributed by atoms with E-state index in [0.717, 1.165) is 37.1 Å². The van der Waals surface area contributed by atoms with Gasteiger partial charge in [0.1, 0.15) is 0 Å². The van der Waals surface area contributed by atoms with Gasteiger partial charge in [0.15, 0.2) is 11.6 Å². The van der Waals surface area contributed by atoms with E-state index in [2.05, 4.69) is 5.32 Å². The van der Waals surface area contributed by atoms with Crippen LogP contribution in [0.3, 0.4) is 0 Å². The molecule has 0 saturated heterocycles. The lowest BCUT2D eigenvalue weighted by molar-refractivity contribution is 0.384. The predicted molar refractivity (Wildman–Crippen MR) is 53.2 cm³/mol. The average molecular weight is 195 g/mol. The number of benzene rings is 1. The molecule has 0 unspecified atom stereocenters. The SMILES string of the molecule is COc1ccc2c(c1F)CCNCC2. The molecule has 0 atom stereocenters. The number of nitrogens with one attached hydrogen (secondary N) is 1. The Balaban J connectivity index is 2.44. The van der Waals surface area contributed by atoms with Crippen molar-refractivity contribution in [2.24, 2.45) is 0 Å². The number of fused-ring (bicyclic) bond motifs is 1. The van der Waals surface area contributed by atoms with Crippen LogP contribution >= 0.6 is 0 Å². The minimum absolute atomic E-state index is 0.186.